The molecular formula is C23H30Cl4N6OS. The van der Waals surface area contributed by atoms with Gasteiger partial charge in [-0.25, -0.2) is 9.97 Å². The number of carbonyl (C=O) groups excluding carboxylic acids is 1. The third-order valence-electron chi connectivity index (χ3n) is 5.84. The third kappa shape index (κ3) is 7.55. The molecule has 0 spiro atoms. The second-order valence-corrected chi connectivity index (χ2v) is 9.83. The van der Waals surface area contributed by atoms with Gasteiger partial charge in [-0.1, -0.05) is 17.7 Å². The van der Waals surface area contributed by atoms with Gasteiger partial charge in [0.05, 0.1) is 16.1 Å². The summed E-state index contributed by atoms with van der Waals surface area (Å²) in [5, 5.41) is 11.2. The van der Waals surface area contributed by atoms with E-state index in [1.54, 1.807) is 17.5 Å². The van der Waals surface area contributed by atoms with Gasteiger partial charge in [0, 0.05) is 54.4 Å². The number of piperazine rings is 1. The molecule has 1 saturated carbocycles. The molecule has 1 saturated heterocycles. The van der Waals surface area contributed by atoms with Crippen molar-refractivity contribution in [1.82, 2.24) is 25.5 Å². The predicted octanol–water partition coefficient (Wildman–Crippen LogP) is 4.88. The Balaban J connectivity index is 0.00000144. The van der Waals surface area contributed by atoms with Gasteiger partial charge in [0.1, 0.15) is 5.69 Å². The number of halogens is 4. The van der Waals surface area contributed by atoms with E-state index in [1.807, 2.05) is 24.3 Å². The molecule has 1 aliphatic heterocycles. The monoisotopic (exact) mass is 578 g/mol. The van der Waals surface area contributed by atoms with Gasteiger partial charge in [-0.3, -0.25) is 4.79 Å². The molecule has 3 N–H and O–H groups in total. The highest BCUT2D eigenvalue weighted by Gasteiger charge is 2.25. The minimum atomic E-state index is -0.0110. The van der Waals surface area contributed by atoms with Gasteiger partial charge in [-0.2, -0.15) is 0 Å². The largest absolute Gasteiger partial charge is 0.354 e. The summed E-state index contributed by atoms with van der Waals surface area (Å²) in [5.41, 5.74) is 1.40. The van der Waals surface area contributed by atoms with Crippen LogP contribution in [0, 0.1) is 0 Å². The number of anilines is 1. The minimum absolute atomic E-state index is 0. The zero-order chi connectivity index (χ0) is 21.9. The standard InChI is InChI=1S/C23H27ClN6OS.3ClH/c24-18-14-27-23(26-7-2-10-30-11-8-25-9-12-30)29-21(18)20-13-17-16(3-1-4-19(17)32-20)22(31)28-15-5-6-15;;;/h1,3-4,13-15,25H,2,5-12H2,(H,28,31)(H,26,27,29);3*1H. The fourth-order valence-electron chi connectivity index (χ4n) is 3.93. The second-order valence-electron chi connectivity index (χ2n) is 8.34. The van der Waals surface area contributed by atoms with E-state index in [4.69, 9.17) is 11.6 Å². The Labute approximate surface area is 233 Å². The van der Waals surface area contributed by atoms with E-state index in [0.29, 0.717) is 28.3 Å². The minimum Gasteiger partial charge on any atom is -0.354 e. The molecule has 0 atom stereocenters. The average Bonchev–Trinajstić information content (AvgIpc) is 3.52. The SMILES string of the molecule is Cl.Cl.Cl.O=C(NC1CC1)c1cccc2sc(-c3nc(NCCCN4CCNCC4)ncc3Cl)cc12. The topological polar surface area (TPSA) is 82.2 Å². The van der Waals surface area contributed by atoms with Crippen molar-refractivity contribution >= 4 is 82.1 Å². The quantitative estimate of drug-likeness (QED) is 0.330. The highest BCUT2D eigenvalue weighted by Crippen LogP contribution is 2.37. The third-order valence-corrected chi connectivity index (χ3v) is 7.22. The molecule has 0 bridgehead atoms. The van der Waals surface area contributed by atoms with E-state index in [-0.39, 0.29) is 43.1 Å². The Hall–Kier alpha value is -1.39. The summed E-state index contributed by atoms with van der Waals surface area (Å²) in [6, 6.07) is 8.18. The van der Waals surface area contributed by atoms with Gasteiger partial charge in [0.15, 0.2) is 0 Å². The van der Waals surface area contributed by atoms with E-state index >= 15 is 0 Å². The number of hydrogen-bond donors (Lipinski definition) is 3. The first-order valence-electron chi connectivity index (χ1n) is 11.2. The number of aromatic nitrogens is 2. The van der Waals surface area contributed by atoms with Crippen LogP contribution in [0.25, 0.3) is 20.7 Å². The van der Waals surface area contributed by atoms with Gasteiger partial charge in [-0.15, -0.1) is 48.6 Å². The maximum absolute atomic E-state index is 12.7. The molecule has 2 aliphatic rings. The number of amides is 1. The highest BCUT2D eigenvalue weighted by atomic mass is 35.5. The van der Waals surface area contributed by atoms with Gasteiger partial charge >= 0.3 is 0 Å². The highest BCUT2D eigenvalue weighted by molar-refractivity contribution is 7.22. The lowest BCUT2D eigenvalue weighted by Gasteiger charge is -2.27. The van der Waals surface area contributed by atoms with Crippen LogP contribution in [0.1, 0.15) is 29.6 Å². The van der Waals surface area contributed by atoms with Gasteiger partial charge in [-0.05, 0) is 44.0 Å². The lowest BCUT2D eigenvalue weighted by molar-refractivity contribution is 0.0953. The first-order chi connectivity index (χ1) is 15.7. The summed E-state index contributed by atoms with van der Waals surface area (Å²) in [6.45, 7) is 6.22. The zero-order valence-electron chi connectivity index (χ0n) is 19.1. The number of hydrogen-bond acceptors (Lipinski definition) is 7. The number of benzene rings is 1. The lowest BCUT2D eigenvalue weighted by atomic mass is 10.1. The molecule has 192 valence electrons. The normalized spacial score (nSPS) is 15.5. The van der Waals surface area contributed by atoms with Crippen LogP contribution in [0.2, 0.25) is 5.02 Å². The van der Waals surface area contributed by atoms with Crippen molar-refractivity contribution in [2.45, 2.75) is 25.3 Å². The van der Waals surface area contributed by atoms with E-state index < -0.39 is 0 Å². The number of carbonyl (C=O) groups is 1. The molecule has 3 aromatic rings. The molecular weight excluding hydrogens is 550 g/mol. The van der Waals surface area contributed by atoms with Crippen LogP contribution in [-0.2, 0) is 0 Å². The Morgan fingerprint density at radius 3 is 2.71 bits per heavy atom. The average molecular weight is 580 g/mol. The van der Waals surface area contributed by atoms with Crippen LogP contribution in [0.15, 0.2) is 30.5 Å². The smallest absolute Gasteiger partial charge is 0.252 e. The zero-order valence-corrected chi connectivity index (χ0v) is 23.1. The number of nitrogens with one attached hydrogen (secondary N) is 3. The van der Waals surface area contributed by atoms with Crippen molar-refractivity contribution in [3.8, 4) is 10.6 Å². The first-order valence-corrected chi connectivity index (χ1v) is 12.4. The molecule has 35 heavy (non-hydrogen) atoms. The fourth-order valence-corrected chi connectivity index (χ4v) is 5.27. The van der Waals surface area contributed by atoms with E-state index in [0.717, 1.165) is 73.5 Å². The maximum atomic E-state index is 12.7. The molecule has 3 heterocycles. The Morgan fingerprint density at radius 2 is 1.97 bits per heavy atom. The second kappa shape index (κ2) is 13.8. The molecule has 1 aliphatic carbocycles. The number of rotatable bonds is 8. The van der Waals surface area contributed by atoms with Gasteiger partial charge in [0.25, 0.3) is 5.91 Å². The molecule has 0 radical (unpaired) electrons. The number of fused-ring (bicyclic) bond motifs is 1. The fraction of sp³-hybridized carbons (Fsp3) is 0.435. The van der Waals surface area contributed by atoms with Crippen molar-refractivity contribution in [3.63, 3.8) is 0 Å². The Bertz CT molecular complexity index is 1120. The van der Waals surface area contributed by atoms with E-state index in [1.165, 1.54) is 0 Å². The summed E-state index contributed by atoms with van der Waals surface area (Å²) < 4.78 is 1.05. The number of nitrogens with zero attached hydrogens (tertiary/aromatic N) is 3. The Morgan fingerprint density at radius 1 is 1.20 bits per heavy atom. The molecule has 1 aromatic carbocycles. The van der Waals surface area contributed by atoms with Crippen LogP contribution in [0.3, 0.4) is 0 Å². The van der Waals surface area contributed by atoms with E-state index in [9.17, 15) is 4.79 Å². The molecule has 7 nitrogen and oxygen atoms in total. The first kappa shape index (κ1) is 29.8. The van der Waals surface area contributed by atoms with Gasteiger partial charge < -0.3 is 20.9 Å². The van der Waals surface area contributed by atoms with Crippen molar-refractivity contribution in [2.24, 2.45) is 0 Å². The summed E-state index contributed by atoms with van der Waals surface area (Å²) >= 11 is 8.05. The predicted molar refractivity (Wildman–Crippen MR) is 153 cm³/mol. The number of thiophene rings is 1. The van der Waals surface area contributed by atoms with Crippen LogP contribution in [-0.4, -0.2) is 66.1 Å². The molecule has 1 amide bonds. The summed E-state index contributed by atoms with van der Waals surface area (Å²) in [4.78, 5) is 25.1. The molecule has 2 fully saturated rings. The van der Waals surface area contributed by atoms with Crippen LogP contribution >= 0.6 is 60.2 Å². The summed E-state index contributed by atoms with van der Waals surface area (Å²) in [6.07, 6.45) is 4.81. The maximum Gasteiger partial charge on any atom is 0.252 e. The van der Waals surface area contributed by atoms with Crippen molar-refractivity contribution in [2.75, 3.05) is 44.6 Å². The lowest BCUT2D eigenvalue weighted by Crippen LogP contribution is -2.44. The van der Waals surface area contributed by atoms with Crippen molar-refractivity contribution < 1.29 is 4.79 Å². The molecule has 0 unspecified atom stereocenters. The van der Waals surface area contributed by atoms with Crippen LogP contribution in [0.4, 0.5) is 5.95 Å². The van der Waals surface area contributed by atoms with Crippen LogP contribution < -0.4 is 16.0 Å². The van der Waals surface area contributed by atoms with E-state index in [2.05, 4.69) is 30.8 Å². The van der Waals surface area contributed by atoms with Crippen molar-refractivity contribution in [1.29, 1.82) is 0 Å². The summed E-state index contributed by atoms with van der Waals surface area (Å²) in [7, 11) is 0. The molecule has 12 heteroatoms. The van der Waals surface area contributed by atoms with Gasteiger partial charge in [0.2, 0.25) is 5.95 Å². The molecule has 2 aromatic heterocycles. The van der Waals surface area contributed by atoms with Crippen LogP contribution in [0.5, 0.6) is 0 Å². The van der Waals surface area contributed by atoms with Crippen molar-refractivity contribution in [3.05, 3.63) is 41.0 Å². The Kier molecular flexibility index (Phi) is 11.8. The summed E-state index contributed by atoms with van der Waals surface area (Å²) in [5.74, 6) is 0.567. The molecule has 5 rings (SSSR count).